The third-order valence-electron chi connectivity index (χ3n) is 5.08. The molecular weight excluding hydrogens is 264 g/mol. The van der Waals surface area contributed by atoms with E-state index >= 15 is 0 Å². The second-order valence-electron chi connectivity index (χ2n) is 6.13. The van der Waals surface area contributed by atoms with Gasteiger partial charge < -0.3 is 10.2 Å². The van der Waals surface area contributed by atoms with E-state index in [4.69, 9.17) is 0 Å². The molecule has 4 rings (SSSR count). The first-order valence-corrected chi connectivity index (χ1v) is 7.24. The van der Waals surface area contributed by atoms with Crippen molar-refractivity contribution >= 4 is 5.97 Å². The predicted octanol–water partition coefficient (Wildman–Crippen LogP) is 3.25. The zero-order chi connectivity index (χ0) is 14.6. The van der Waals surface area contributed by atoms with E-state index in [0.29, 0.717) is 11.5 Å². The van der Waals surface area contributed by atoms with Gasteiger partial charge in [-0.2, -0.15) is 0 Å². The Bertz CT molecular complexity index is 722. The molecule has 2 N–H and O–H groups in total. The van der Waals surface area contributed by atoms with E-state index < -0.39 is 11.6 Å². The number of hydrogen-bond donors (Lipinski definition) is 2. The highest BCUT2D eigenvalue weighted by atomic mass is 16.4. The van der Waals surface area contributed by atoms with Gasteiger partial charge in [0.1, 0.15) is 0 Å². The topological polar surface area (TPSA) is 57.5 Å². The van der Waals surface area contributed by atoms with Crippen molar-refractivity contribution in [2.45, 2.75) is 30.3 Å². The van der Waals surface area contributed by atoms with Gasteiger partial charge in [-0.1, -0.05) is 36.4 Å². The first-order chi connectivity index (χ1) is 10.1. The predicted molar refractivity (Wildman–Crippen MR) is 78.5 cm³/mol. The van der Waals surface area contributed by atoms with Crippen molar-refractivity contribution in [3.63, 3.8) is 0 Å². The van der Waals surface area contributed by atoms with Gasteiger partial charge in [0.25, 0.3) is 0 Å². The molecule has 1 saturated carbocycles. The van der Waals surface area contributed by atoms with E-state index in [-0.39, 0.29) is 5.92 Å². The summed E-state index contributed by atoms with van der Waals surface area (Å²) in [6, 6.07) is 15.1. The van der Waals surface area contributed by atoms with Crippen molar-refractivity contribution in [2.24, 2.45) is 0 Å². The first kappa shape index (κ1) is 12.6. The molecule has 0 spiro atoms. The minimum absolute atomic E-state index is 0.000741. The van der Waals surface area contributed by atoms with Crippen LogP contribution in [0.15, 0.2) is 48.5 Å². The van der Waals surface area contributed by atoms with Crippen LogP contribution in [0.25, 0.3) is 0 Å². The Morgan fingerprint density at radius 1 is 1.10 bits per heavy atom. The largest absolute Gasteiger partial charge is 0.478 e. The van der Waals surface area contributed by atoms with Crippen molar-refractivity contribution in [1.82, 2.24) is 0 Å². The zero-order valence-electron chi connectivity index (χ0n) is 11.5. The minimum Gasteiger partial charge on any atom is -0.478 e. The molecule has 0 aliphatic heterocycles. The number of hydrogen-bond acceptors (Lipinski definition) is 2. The average Bonchev–Trinajstić information content (AvgIpc) is 3.04. The van der Waals surface area contributed by atoms with E-state index in [0.717, 1.165) is 24.0 Å². The van der Waals surface area contributed by atoms with Crippen molar-refractivity contribution in [2.75, 3.05) is 0 Å². The van der Waals surface area contributed by atoms with Gasteiger partial charge in [0.05, 0.1) is 11.2 Å². The monoisotopic (exact) mass is 280 g/mol. The van der Waals surface area contributed by atoms with Gasteiger partial charge in [-0.05, 0) is 47.6 Å². The standard InChI is InChI=1S/C18H16O3/c19-17(20)11-6-7-14-12-9-16(15(14)8-11)18(21,10-12)13-4-2-1-3-5-13/h1-8,12,16,21H,9-10H2,(H,19,20)/t12-,16-,18-/m0/s1. The highest BCUT2D eigenvalue weighted by molar-refractivity contribution is 5.88. The molecule has 0 unspecified atom stereocenters. The fourth-order valence-electron chi connectivity index (χ4n) is 4.13. The molecule has 2 aliphatic carbocycles. The van der Waals surface area contributed by atoms with Crippen LogP contribution in [-0.2, 0) is 5.60 Å². The summed E-state index contributed by atoms with van der Waals surface area (Å²) in [6.45, 7) is 0. The van der Waals surface area contributed by atoms with Gasteiger partial charge >= 0.3 is 5.97 Å². The highest BCUT2D eigenvalue weighted by Gasteiger charge is 2.53. The summed E-state index contributed by atoms with van der Waals surface area (Å²) in [6.07, 6.45) is 1.63. The van der Waals surface area contributed by atoms with Gasteiger partial charge in [-0.15, -0.1) is 0 Å². The maximum absolute atomic E-state index is 11.2. The third-order valence-corrected chi connectivity index (χ3v) is 5.08. The number of carboxylic acid groups (broad SMARTS) is 1. The fraction of sp³-hybridized carbons (Fsp3) is 0.278. The number of carboxylic acids is 1. The lowest BCUT2D eigenvalue weighted by atomic mass is 9.75. The van der Waals surface area contributed by atoms with E-state index in [1.807, 2.05) is 36.4 Å². The molecular formula is C18H16O3. The van der Waals surface area contributed by atoms with Crippen LogP contribution in [0, 0.1) is 0 Å². The normalized spacial score (nSPS) is 29.4. The maximum Gasteiger partial charge on any atom is 0.335 e. The summed E-state index contributed by atoms with van der Waals surface area (Å²) in [5, 5.41) is 20.4. The highest BCUT2D eigenvalue weighted by Crippen LogP contribution is 2.61. The third kappa shape index (κ3) is 1.67. The number of aromatic carboxylic acids is 1. The molecule has 0 amide bonds. The molecule has 3 heteroatoms. The van der Waals surface area contributed by atoms with Crippen LogP contribution in [0.5, 0.6) is 0 Å². The quantitative estimate of drug-likeness (QED) is 0.887. The summed E-state index contributed by atoms with van der Waals surface area (Å²) in [7, 11) is 0. The number of carbonyl (C=O) groups is 1. The Kier molecular flexibility index (Phi) is 2.51. The van der Waals surface area contributed by atoms with Crippen LogP contribution in [0.4, 0.5) is 0 Å². The summed E-state index contributed by atoms with van der Waals surface area (Å²) in [5.41, 5.74) is 2.60. The molecule has 2 bridgehead atoms. The molecule has 0 saturated heterocycles. The summed E-state index contributed by atoms with van der Waals surface area (Å²) in [5.74, 6) is -0.582. The lowest BCUT2D eigenvalue weighted by Gasteiger charge is -2.34. The van der Waals surface area contributed by atoms with Gasteiger partial charge in [-0.25, -0.2) is 4.79 Å². The summed E-state index contributed by atoms with van der Waals surface area (Å²) >= 11 is 0. The van der Waals surface area contributed by atoms with Crippen LogP contribution in [0.1, 0.15) is 51.7 Å². The zero-order valence-corrected chi connectivity index (χ0v) is 11.5. The molecule has 0 heterocycles. The smallest absolute Gasteiger partial charge is 0.335 e. The van der Waals surface area contributed by atoms with Crippen LogP contribution >= 0.6 is 0 Å². The Morgan fingerprint density at radius 2 is 1.86 bits per heavy atom. The van der Waals surface area contributed by atoms with Crippen molar-refractivity contribution in [1.29, 1.82) is 0 Å². The molecule has 3 nitrogen and oxygen atoms in total. The molecule has 2 aromatic carbocycles. The molecule has 0 radical (unpaired) electrons. The molecule has 2 aliphatic rings. The molecule has 0 aromatic heterocycles. The molecule has 3 atom stereocenters. The lowest BCUT2D eigenvalue weighted by molar-refractivity contribution is 0.0208. The molecule has 21 heavy (non-hydrogen) atoms. The van der Waals surface area contributed by atoms with Gasteiger partial charge in [-0.3, -0.25) is 0 Å². The van der Waals surface area contributed by atoms with Gasteiger partial charge in [0, 0.05) is 5.92 Å². The minimum atomic E-state index is -0.913. The Hall–Kier alpha value is -2.13. The molecule has 106 valence electrons. The summed E-state index contributed by atoms with van der Waals surface area (Å²) in [4.78, 5) is 11.2. The average molecular weight is 280 g/mol. The fourth-order valence-corrected chi connectivity index (χ4v) is 4.13. The first-order valence-electron chi connectivity index (χ1n) is 7.24. The maximum atomic E-state index is 11.2. The van der Waals surface area contributed by atoms with Crippen LogP contribution in [0.2, 0.25) is 0 Å². The van der Waals surface area contributed by atoms with Gasteiger partial charge in [0.15, 0.2) is 0 Å². The van der Waals surface area contributed by atoms with Gasteiger partial charge in [0.2, 0.25) is 0 Å². The Morgan fingerprint density at radius 3 is 2.57 bits per heavy atom. The molecule has 1 fully saturated rings. The van der Waals surface area contributed by atoms with Crippen molar-refractivity contribution in [3.05, 3.63) is 70.8 Å². The SMILES string of the molecule is O=C(O)c1ccc2c(c1)[C@@H]1C[C@H]2C[C@]1(O)c1ccccc1. The summed E-state index contributed by atoms with van der Waals surface area (Å²) < 4.78 is 0. The second kappa shape index (κ2) is 4.18. The van der Waals surface area contributed by atoms with E-state index in [1.54, 1.807) is 12.1 Å². The number of fused-ring (bicyclic) bond motifs is 5. The Labute approximate surface area is 122 Å². The van der Waals surface area contributed by atoms with E-state index in [1.165, 1.54) is 5.56 Å². The van der Waals surface area contributed by atoms with Crippen LogP contribution in [-0.4, -0.2) is 16.2 Å². The number of aliphatic hydroxyl groups is 1. The van der Waals surface area contributed by atoms with Crippen LogP contribution < -0.4 is 0 Å². The van der Waals surface area contributed by atoms with Crippen molar-refractivity contribution < 1.29 is 15.0 Å². The number of rotatable bonds is 2. The Balaban J connectivity index is 1.82. The van der Waals surface area contributed by atoms with Crippen molar-refractivity contribution in [3.8, 4) is 0 Å². The second-order valence-corrected chi connectivity index (χ2v) is 6.13. The van der Waals surface area contributed by atoms with Crippen LogP contribution in [0.3, 0.4) is 0 Å². The molecule has 2 aromatic rings. The number of benzene rings is 2. The lowest BCUT2D eigenvalue weighted by Crippen LogP contribution is -2.31. The van der Waals surface area contributed by atoms with E-state index in [9.17, 15) is 15.0 Å². The van der Waals surface area contributed by atoms with E-state index in [2.05, 4.69) is 0 Å².